The quantitative estimate of drug-likeness (QED) is 0.150. The van der Waals surface area contributed by atoms with Crippen molar-refractivity contribution in [2.45, 2.75) is 69.6 Å². The Morgan fingerprint density at radius 3 is 1.29 bits per heavy atom. The Morgan fingerprint density at radius 2 is 0.885 bits per heavy atom. The minimum Gasteiger partial charge on any atom is -0.311 e. The van der Waals surface area contributed by atoms with Crippen molar-refractivity contribution in [3.63, 3.8) is 0 Å². The van der Waals surface area contributed by atoms with Crippen LogP contribution in [-0.4, -0.2) is 0 Å². The van der Waals surface area contributed by atoms with Crippen molar-refractivity contribution in [1.82, 2.24) is 0 Å². The molecule has 0 aliphatic heterocycles. The highest BCUT2D eigenvalue weighted by Gasteiger charge is 2.42. The number of rotatable bonds is 9. The van der Waals surface area contributed by atoms with Crippen molar-refractivity contribution < 1.29 is 0 Å². The van der Waals surface area contributed by atoms with Crippen LogP contribution < -0.4 is 9.80 Å². The second-order valence-corrected chi connectivity index (χ2v) is 15.8. The molecule has 2 nitrogen and oxygen atoms in total. The Balaban J connectivity index is 1.05. The summed E-state index contributed by atoms with van der Waals surface area (Å²) in [6.07, 6.45) is 10.7. The first kappa shape index (κ1) is 32.8. The molecular weight excluding hydrogens is 629 g/mol. The lowest BCUT2D eigenvalue weighted by Crippen LogP contribution is -2.37. The summed E-state index contributed by atoms with van der Waals surface area (Å²) in [5, 5.41) is 0. The van der Waals surface area contributed by atoms with E-state index in [0.29, 0.717) is 5.92 Å². The van der Waals surface area contributed by atoms with Crippen LogP contribution in [0.25, 0.3) is 0 Å². The standard InChI is InChI=1S/C50H50N2/c1-37-13-11-12-34-50(37,41-24-30-47(31-25-41)51(43-14-5-2-6-15-43)44-16-7-3-8-17-44)42-26-32-48(33-27-42)52(45-18-9-4-10-19-45)46-28-22-39(23-29-46)49-36-38-20-21-40(49)35-38/h2-10,14-19,22-33,37-38,40,49H,11-13,20-21,34-36H2,1H3. The largest absolute Gasteiger partial charge is 0.311 e. The summed E-state index contributed by atoms with van der Waals surface area (Å²) in [5.41, 5.74) is 11.5. The Hall–Kier alpha value is -5.08. The van der Waals surface area contributed by atoms with Gasteiger partial charge in [0, 0.05) is 39.5 Å². The normalized spacial score (nSPS) is 23.7. The van der Waals surface area contributed by atoms with Crippen LogP contribution >= 0.6 is 0 Å². The predicted molar refractivity (Wildman–Crippen MR) is 219 cm³/mol. The zero-order valence-electron chi connectivity index (χ0n) is 30.4. The molecule has 0 spiro atoms. The van der Waals surface area contributed by atoms with Crippen molar-refractivity contribution in [2.24, 2.45) is 17.8 Å². The number of fused-ring (bicyclic) bond motifs is 2. The molecule has 0 saturated heterocycles. The number of hydrogen-bond donors (Lipinski definition) is 0. The van der Waals surface area contributed by atoms with E-state index in [-0.39, 0.29) is 5.41 Å². The average molecular weight is 679 g/mol. The van der Waals surface area contributed by atoms with E-state index >= 15 is 0 Å². The first-order valence-corrected chi connectivity index (χ1v) is 19.7. The van der Waals surface area contributed by atoms with Crippen LogP contribution in [0.1, 0.15) is 80.9 Å². The molecule has 0 heterocycles. The van der Waals surface area contributed by atoms with Crippen LogP contribution in [0.5, 0.6) is 0 Å². The highest BCUT2D eigenvalue weighted by atomic mass is 15.1. The van der Waals surface area contributed by atoms with E-state index in [1.807, 2.05) is 0 Å². The van der Waals surface area contributed by atoms with Crippen LogP contribution in [0.2, 0.25) is 0 Å². The molecule has 3 fully saturated rings. The SMILES string of the molecule is CC1CCCCC1(c1ccc(N(c2ccccc2)c2ccccc2)cc1)c1ccc(N(c2ccccc2)c2ccc(C3CC4CCC3C4)cc2)cc1. The van der Waals surface area contributed by atoms with Crippen molar-refractivity contribution >= 4 is 34.1 Å². The molecule has 5 atom stereocenters. The Bertz CT molecular complexity index is 2020. The van der Waals surface area contributed by atoms with Gasteiger partial charge in [-0.2, -0.15) is 0 Å². The molecular formula is C50H50N2. The van der Waals surface area contributed by atoms with E-state index in [9.17, 15) is 0 Å². The summed E-state index contributed by atoms with van der Waals surface area (Å²) in [6, 6.07) is 61.0. The van der Waals surface area contributed by atoms with Gasteiger partial charge < -0.3 is 9.80 Å². The maximum absolute atomic E-state index is 2.48. The third-order valence-electron chi connectivity index (χ3n) is 12.9. The van der Waals surface area contributed by atoms with Crippen LogP contribution in [0.15, 0.2) is 164 Å². The van der Waals surface area contributed by atoms with E-state index in [4.69, 9.17) is 0 Å². The fourth-order valence-corrected chi connectivity index (χ4v) is 10.3. The summed E-state index contributed by atoms with van der Waals surface area (Å²) in [6.45, 7) is 2.48. The van der Waals surface area contributed by atoms with Gasteiger partial charge in [-0.05, 0) is 145 Å². The van der Waals surface area contributed by atoms with Gasteiger partial charge in [-0.3, -0.25) is 0 Å². The highest BCUT2D eigenvalue weighted by Crippen LogP contribution is 2.53. The molecule has 2 heteroatoms. The molecule has 260 valence electrons. The highest BCUT2D eigenvalue weighted by molar-refractivity contribution is 5.78. The van der Waals surface area contributed by atoms with E-state index in [1.165, 1.54) is 102 Å². The maximum atomic E-state index is 2.48. The molecule has 0 radical (unpaired) electrons. The van der Waals surface area contributed by atoms with Crippen LogP contribution in [-0.2, 0) is 5.41 Å². The molecule has 0 N–H and O–H groups in total. The van der Waals surface area contributed by atoms with Gasteiger partial charge in [0.2, 0.25) is 0 Å². The summed E-state index contributed by atoms with van der Waals surface area (Å²) >= 11 is 0. The van der Waals surface area contributed by atoms with E-state index < -0.39 is 0 Å². The van der Waals surface area contributed by atoms with Gasteiger partial charge in [-0.1, -0.05) is 117 Å². The molecule has 0 aromatic heterocycles. The smallest absolute Gasteiger partial charge is 0.0461 e. The topological polar surface area (TPSA) is 6.48 Å². The molecule has 3 saturated carbocycles. The fraction of sp³-hybridized carbons (Fsp3) is 0.280. The lowest BCUT2D eigenvalue weighted by molar-refractivity contribution is 0.244. The van der Waals surface area contributed by atoms with Gasteiger partial charge in [0.05, 0.1) is 0 Å². The van der Waals surface area contributed by atoms with Crippen LogP contribution in [0.4, 0.5) is 34.1 Å². The van der Waals surface area contributed by atoms with Crippen molar-refractivity contribution in [2.75, 3.05) is 9.80 Å². The number of anilines is 6. The number of para-hydroxylation sites is 3. The van der Waals surface area contributed by atoms with Gasteiger partial charge in [0.25, 0.3) is 0 Å². The third-order valence-corrected chi connectivity index (χ3v) is 12.9. The van der Waals surface area contributed by atoms with Crippen molar-refractivity contribution in [3.05, 3.63) is 180 Å². The number of benzene rings is 6. The van der Waals surface area contributed by atoms with Crippen LogP contribution in [0, 0.1) is 17.8 Å². The Labute approximate surface area is 310 Å². The van der Waals surface area contributed by atoms with Gasteiger partial charge in [0.15, 0.2) is 0 Å². The maximum Gasteiger partial charge on any atom is 0.0461 e. The summed E-state index contributed by atoms with van der Waals surface area (Å²) in [7, 11) is 0. The summed E-state index contributed by atoms with van der Waals surface area (Å²) in [5.74, 6) is 3.15. The first-order chi connectivity index (χ1) is 25.7. The lowest BCUT2D eigenvalue weighted by atomic mass is 9.60. The average Bonchev–Trinajstić information content (AvgIpc) is 3.86. The Kier molecular flexibility index (Phi) is 8.93. The van der Waals surface area contributed by atoms with Crippen molar-refractivity contribution in [1.29, 1.82) is 0 Å². The molecule has 3 aliphatic rings. The van der Waals surface area contributed by atoms with Gasteiger partial charge in [0.1, 0.15) is 0 Å². The zero-order chi connectivity index (χ0) is 34.9. The molecule has 5 unspecified atom stereocenters. The monoisotopic (exact) mass is 678 g/mol. The fourth-order valence-electron chi connectivity index (χ4n) is 10.3. The molecule has 2 bridgehead atoms. The third kappa shape index (κ3) is 6.03. The van der Waals surface area contributed by atoms with Gasteiger partial charge in [-0.25, -0.2) is 0 Å². The minimum absolute atomic E-state index is 0.0282. The molecule has 6 aromatic rings. The second kappa shape index (κ2) is 14.2. The lowest BCUT2D eigenvalue weighted by Gasteiger charge is -2.44. The second-order valence-electron chi connectivity index (χ2n) is 15.8. The molecule has 3 aliphatic carbocycles. The summed E-state index contributed by atoms with van der Waals surface area (Å²) in [4.78, 5) is 4.79. The number of nitrogens with zero attached hydrogens (tertiary/aromatic N) is 2. The number of hydrogen-bond acceptors (Lipinski definition) is 2. The van der Waals surface area contributed by atoms with Gasteiger partial charge in [-0.15, -0.1) is 0 Å². The molecule has 6 aromatic carbocycles. The Morgan fingerprint density at radius 1 is 0.442 bits per heavy atom. The van der Waals surface area contributed by atoms with Gasteiger partial charge >= 0.3 is 0 Å². The molecule has 9 rings (SSSR count). The van der Waals surface area contributed by atoms with E-state index in [1.54, 1.807) is 0 Å². The van der Waals surface area contributed by atoms with E-state index in [0.717, 1.165) is 17.8 Å². The molecule has 52 heavy (non-hydrogen) atoms. The van der Waals surface area contributed by atoms with Crippen molar-refractivity contribution in [3.8, 4) is 0 Å². The zero-order valence-corrected chi connectivity index (χ0v) is 30.4. The van der Waals surface area contributed by atoms with E-state index in [2.05, 4.69) is 181 Å². The van der Waals surface area contributed by atoms with Crippen LogP contribution in [0.3, 0.4) is 0 Å². The predicted octanol–water partition coefficient (Wildman–Crippen LogP) is 14.0. The minimum atomic E-state index is -0.0282. The molecule has 0 amide bonds. The first-order valence-electron chi connectivity index (χ1n) is 19.7. The summed E-state index contributed by atoms with van der Waals surface area (Å²) < 4.78 is 0.